The van der Waals surface area contributed by atoms with E-state index in [-0.39, 0.29) is 0 Å². The Morgan fingerprint density at radius 2 is 2.00 bits per heavy atom. The van der Waals surface area contributed by atoms with Gasteiger partial charge in [-0.15, -0.1) is 0 Å². The summed E-state index contributed by atoms with van der Waals surface area (Å²) in [5, 5.41) is 3.32. The van der Waals surface area contributed by atoms with Crippen LogP contribution in [0.3, 0.4) is 0 Å². The van der Waals surface area contributed by atoms with Crippen LogP contribution in [0.15, 0.2) is 18.2 Å². The molecule has 0 aliphatic carbocycles. The number of morpholine rings is 1. The molecule has 2 aliphatic rings. The van der Waals surface area contributed by atoms with Crippen LogP contribution in [0.2, 0.25) is 0 Å². The van der Waals surface area contributed by atoms with E-state index in [9.17, 15) is 0 Å². The van der Waals surface area contributed by atoms with Gasteiger partial charge in [-0.05, 0) is 12.1 Å². The highest BCUT2D eigenvalue weighted by Crippen LogP contribution is 2.31. The maximum absolute atomic E-state index is 5.63. The van der Waals surface area contributed by atoms with E-state index in [1.807, 2.05) is 0 Å². The van der Waals surface area contributed by atoms with Crippen LogP contribution in [0.1, 0.15) is 0 Å². The van der Waals surface area contributed by atoms with Gasteiger partial charge in [-0.25, -0.2) is 0 Å². The van der Waals surface area contributed by atoms with Crippen LogP contribution in [-0.4, -0.2) is 39.5 Å². The van der Waals surface area contributed by atoms with Gasteiger partial charge in [0.2, 0.25) is 0 Å². The largest absolute Gasteiger partial charge is 0.490 e. The Bertz CT molecular complexity index is 375. The Hall–Kier alpha value is -1.42. The van der Waals surface area contributed by atoms with Gasteiger partial charge >= 0.3 is 0 Å². The molecule has 1 aromatic carbocycles. The standard InChI is InChI=1S/C12H16N2O2/c1-2-11-12(16-6-3-13-11)9-10(1)14-4-7-15-8-5-14/h1-2,9,13H,3-8H2. The number of benzene rings is 1. The third kappa shape index (κ3) is 1.80. The van der Waals surface area contributed by atoms with E-state index in [1.165, 1.54) is 5.69 Å². The van der Waals surface area contributed by atoms with E-state index in [0.29, 0.717) is 0 Å². The van der Waals surface area contributed by atoms with Gasteiger partial charge in [-0.1, -0.05) is 0 Å². The summed E-state index contributed by atoms with van der Waals surface area (Å²) in [4.78, 5) is 2.34. The normalized spacial score (nSPS) is 19.6. The van der Waals surface area contributed by atoms with Gasteiger partial charge in [-0.2, -0.15) is 0 Å². The van der Waals surface area contributed by atoms with E-state index in [1.54, 1.807) is 0 Å². The molecule has 2 heterocycles. The molecule has 1 aromatic rings. The molecular weight excluding hydrogens is 204 g/mol. The van der Waals surface area contributed by atoms with Crippen molar-refractivity contribution in [2.45, 2.75) is 0 Å². The van der Waals surface area contributed by atoms with E-state index in [4.69, 9.17) is 9.47 Å². The lowest BCUT2D eigenvalue weighted by molar-refractivity contribution is 0.122. The van der Waals surface area contributed by atoms with E-state index in [2.05, 4.69) is 28.4 Å². The summed E-state index contributed by atoms with van der Waals surface area (Å²) in [7, 11) is 0. The second kappa shape index (κ2) is 4.22. The van der Waals surface area contributed by atoms with Crippen LogP contribution >= 0.6 is 0 Å². The molecule has 0 amide bonds. The van der Waals surface area contributed by atoms with Crippen LogP contribution in [0.25, 0.3) is 0 Å². The summed E-state index contributed by atoms with van der Waals surface area (Å²) in [6.45, 7) is 5.20. The predicted octanol–water partition coefficient (Wildman–Crippen LogP) is 1.33. The summed E-state index contributed by atoms with van der Waals surface area (Å²) >= 11 is 0. The summed E-state index contributed by atoms with van der Waals surface area (Å²) < 4.78 is 11.0. The number of hydrogen-bond acceptors (Lipinski definition) is 4. The minimum atomic E-state index is 0.750. The summed E-state index contributed by atoms with van der Waals surface area (Å²) in [5.74, 6) is 0.968. The molecule has 4 nitrogen and oxygen atoms in total. The molecule has 0 aromatic heterocycles. The molecule has 0 radical (unpaired) electrons. The third-order valence-corrected chi connectivity index (χ3v) is 3.02. The molecule has 4 heteroatoms. The highest BCUT2D eigenvalue weighted by atomic mass is 16.5. The van der Waals surface area contributed by atoms with E-state index >= 15 is 0 Å². The Kier molecular flexibility index (Phi) is 2.58. The first-order chi connectivity index (χ1) is 7.93. The molecule has 3 rings (SSSR count). The van der Waals surface area contributed by atoms with E-state index < -0.39 is 0 Å². The van der Waals surface area contributed by atoms with Crippen LogP contribution in [0.4, 0.5) is 11.4 Å². The predicted molar refractivity (Wildman–Crippen MR) is 63.5 cm³/mol. The molecule has 1 saturated heterocycles. The van der Waals surface area contributed by atoms with Crippen molar-refractivity contribution in [3.05, 3.63) is 18.2 Å². The van der Waals surface area contributed by atoms with Gasteiger partial charge in [-0.3, -0.25) is 0 Å². The molecule has 0 bridgehead atoms. The van der Waals surface area contributed by atoms with Crippen molar-refractivity contribution < 1.29 is 9.47 Å². The second-order valence-corrected chi connectivity index (χ2v) is 4.06. The summed E-state index contributed by atoms with van der Waals surface area (Å²) in [6, 6.07) is 6.36. The average molecular weight is 220 g/mol. The molecule has 0 spiro atoms. The van der Waals surface area contributed by atoms with Crippen molar-refractivity contribution in [1.82, 2.24) is 0 Å². The monoisotopic (exact) mass is 220 g/mol. The molecule has 16 heavy (non-hydrogen) atoms. The Morgan fingerprint density at radius 3 is 2.88 bits per heavy atom. The minimum Gasteiger partial charge on any atom is -0.490 e. The lowest BCUT2D eigenvalue weighted by atomic mass is 10.2. The zero-order valence-electron chi connectivity index (χ0n) is 9.24. The Morgan fingerprint density at radius 1 is 1.12 bits per heavy atom. The second-order valence-electron chi connectivity index (χ2n) is 4.06. The molecule has 1 N–H and O–H groups in total. The SMILES string of the molecule is c1cc2c(cc1N1CCOCC1)OCCN2. The fourth-order valence-corrected chi connectivity index (χ4v) is 2.14. The number of rotatable bonds is 1. The van der Waals surface area contributed by atoms with Crippen LogP contribution in [-0.2, 0) is 4.74 Å². The van der Waals surface area contributed by atoms with Crippen molar-refractivity contribution in [2.24, 2.45) is 0 Å². The van der Waals surface area contributed by atoms with Gasteiger partial charge in [0.05, 0.1) is 18.9 Å². The first kappa shape index (κ1) is 9.78. The van der Waals surface area contributed by atoms with Gasteiger partial charge in [0.15, 0.2) is 0 Å². The van der Waals surface area contributed by atoms with Gasteiger partial charge < -0.3 is 19.7 Å². The first-order valence-electron chi connectivity index (χ1n) is 5.77. The average Bonchev–Trinajstić information content (AvgIpc) is 2.39. The fourth-order valence-electron chi connectivity index (χ4n) is 2.14. The third-order valence-electron chi connectivity index (χ3n) is 3.02. The van der Waals surface area contributed by atoms with Crippen molar-refractivity contribution in [2.75, 3.05) is 49.7 Å². The van der Waals surface area contributed by atoms with Gasteiger partial charge in [0.1, 0.15) is 12.4 Å². The minimum absolute atomic E-state index is 0.750. The maximum Gasteiger partial charge on any atom is 0.144 e. The van der Waals surface area contributed by atoms with Crippen molar-refractivity contribution >= 4 is 11.4 Å². The topological polar surface area (TPSA) is 33.7 Å². The van der Waals surface area contributed by atoms with E-state index in [0.717, 1.165) is 50.9 Å². The molecule has 1 fully saturated rings. The molecular formula is C12H16N2O2. The quantitative estimate of drug-likeness (QED) is 0.774. The highest BCUT2D eigenvalue weighted by molar-refractivity contribution is 5.65. The lowest BCUT2D eigenvalue weighted by Crippen LogP contribution is -2.36. The maximum atomic E-state index is 5.63. The number of ether oxygens (including phenoxy) is 2. The molecule has 2 aliphatic heterocycles. The van der Waals surface area contributed by atoms with Crippen LogP contribution in [0, 0.1) is 0 Å². The van der Waals surface area contributed by atoms with Crippen LogP contribution in [0.5, 0.6) is 5.75 Å². The Balaban J connectivity index is 1.84. The molecule has 0 atom stereocenters. The molecule has 86 valence electrons. The number of anilines is 2. The zero-order chi connectivity index (χ0) is 10.8. The number of nitrogens with zero attached hydrogens (tertiary/aromatic N) is 1. The molecule has 0 unspecified atom stereocenters. The summed E-state index contributed by atoms with van der Waals surface area (Å²) in [5.41, 5.74) is 2.33. The summed E-state index contributed by atoms with van der Waals surface area (Å²) in [6.07, 6.45) is 0. The van der Waals surface area contributed by atoms with Gasteiger partial charge in [0, 0.05) is 31.4 Å². The molecule has 0 saturated carbocycles. The smallest absolute Gasteiger partial charge is 0.144 e. The van der Waals surface area contributed by atoms with Gasteiger partial charge in [0.25, 0.3) is 0 Å². The highest BCUT2D eigenvalue weighted by Gasteiger charge is 2.15. The van der Waals surface area contributed by atoms with Crippen LogP contribution < -0.4 is 15.0 Å². The van der Waals surface area contributed by atoms with Crippen molar-refractivity contribution in [3.63, 3.8) is 0 Å². The number of fused-ring (bicyclic) bond motifs is 1. The number of nitrogens with one attached hydrogen (secondary N) is 1. The lowest BCUT2D eigenvalue weighted by Gasteiger charge is -2.30. The zero-order valence-corrected chi connectivity index (χ0v) is 9.24. The fraction of sp³-hybridized carbons (Fsp3) is 0.500. The number of hydrogen-bond donors (Lipinski definition) is 1. The van der Waals surface area contributed by atoms with Crippen molar-refractivity contribution in [3.8, 4) is 5.75 Å². The Labute approximate surface area is 95.1 Å². The van der Waals surface area contributed by atoms with Crippen molar-refractivity contribution in [1.29, 1.82) is 0 Å². The first-order valence-corrected chi connectivity index (χ1v) is 5.77.